The third-order valence-electron chi connectivity index (χ3n) is 1.27. The third kappa shape index (κ3) is 0.755. The number of rotatable bonds is 0. The molecule has 0 bridgehead atoms. The van der Waals surface area contributed by atoms with Crippen LogP contribution in [0.5, 0.6) is 0 Å². The van der Waals surface area contributed by atoms with Crippen LogP contribution in [0.2, 0.25) is 0 Å². The maximum Gasteiger partial charge on any atom is 0.290 e. The summed E-state index contributed by atoms with van der Waals surface area (Å²) in [6, 6.07) is 5.71. The Bertz CT molecular complexity index is 367. The van der Waals surface area contributed by atoms with Crippen molar-refractivity contribution < 1.29 is 0 Å². The van der Waals surface area contributed by atoms with Gasteiger partial charge in [-0.25, -0.2) is 0 Å². The second kappa shape index (κ2) is 1.96. The van der Waals surface area contributed by atoms with E-state index in [2.05, 4.69) is 5.10 Å². The second-order valence-corrected chi connectivity index (χ2v) is 3.05. The highest BCUT2D eigenvalue weighted by molar-refractivity contribution is 7.34. The number of nitrogens with one attached hydrogen (secondary N) is 1. The van der Waals surface area contributed by atoms with Gasteiger partial charge in [0, 0.05) is 14.4 Å². The van der Waals surface area contributed by atoms with Crippen molar-refractivity contribution in [2.24, 2.45) is 0 Å². The van der Waals surface area contributed by atoms with Crippen LogP contribution in [0.4, 0.5) is 0 Å². The Morgan fingerprint density at radius 2 is 2.40 bits per heavy atom. The molecule has 0 saturated heterocycles. The average Bonchev–Trinajstić information content (AvgIpc) is 2.27. The van der Waals surface area contributed by atoms with E-state index in [4.69, 9.17) is 0 Å². The van der Waals surface area contributed by atoms with Gasteiger partial charge in [0.05, 0.1) is 5.25 Å². The first-order valence-electron chi connectivity index (χ1n) is 2.90. The minimum absolute atomic E-state index is 0.0335. The smallest absolute Gasteiger partial charge is 0.263 e. The first-order chi connectivity index (χ1) is 4.86. The molecule has 0 aliphatic carbocycles. The van der Waals surface area contributed by atoms with Gasteiger partial charge < -0.3 is 0 Å². The number of H-pyrrole nitrogens is 1. The van der Waals surface area contributed by atoms with Gasteiger partial charge in [0.1, 0.15) is 0 Å². The summed E-state index contributed by atoms with van der Waals surface area (Å²) in [7, 11) is 0.735. The van der Waals surface area contributed by atoms with E-state index in [-0.39, 0.29) is 5.29 Å². The van der Waals surface area contributed by atoms with Gasteiger partial charge in [-0.05, 0) is 12.1 Å². The lowest BCUT2D eigenvalue weighted by Gasteiger charge is -1.87. The van der Waals surface area contributed by atoms with Crippen LogP contribution in [0.15, 0.2) is 29.2 Å². The highest BCUT2D eigenvalue weighted by Crippen LogP contribution is 2.07. The van der Waals surface area contributed by atoms with E-state index in [1.807, 2.05) is 24.4 Å². The van der Waals surface area contributed by atoms with Crippen molar-refractivity contribution in [2.75, 3.05) is 0 Å². The summed E-state index contributed by atoms with van der Waals surface area (Å²) >= 11 is 0. The van der Waals surface area contributed by atoms with E-state index in [0.29, 0.717) is 0 Å². The topological polar surface area (TPSA) is 37.3 Å². The average molecular weight is 152 g/mol. The molecule has 0 aromatic carbocycles. The largest absolute Gasteiger partial charge is 0.290 e. The van der Waals surface area contributed by atoms with Gasteiger partial charge in [-0.1, -0.05) is 6.07 Å². The zero-order valence-electron chi connectivity index (χ0n) is 5.11. The molecule has 0 aliphatic rings. The number of hydrogen-bond donors (Lipinski definition) is 1. The molecule has 0 spiro atoms. The van der Waals surface area contributed by atoms with E-state index in [1.54, 1.807) is 4.52 Å². The Labute approximate surface area is 58.4 Å². The minimum atomic E-state index is 0.0335. The third-order valence-corrected chi connectivity index (χ3v) is 2.17. The summed E-state index contributed by atoms with van der Waals surface area (Å²) in [4.78, 5) is 10.8. The fraction of sp³-hybridized carbons (Fsp3) is 0. The second-order valence-electron chi connectivity index (χ2n) is 1.96. The standard InChI is InChI=1S/C6H5N2OP/c9-6-7-8-4-2-1-3-5(8)10-6/h1-4H,(H,7,9). The van der Waals surface area contributed by atoms with Crippen LogP contribution in [0.3, 0.4) is 0 Å². The SMILES string of the molecule is O=c1[nH]n2ccccc2p1. The quantitative estimate of drug-likeness (QED) is 0.605. The summed E-state index contributed by atoms with van der Waals surface area (Å²) in [5.41, 5.74) is 0. The molecule has 0 unspecified atom stereocenters. The van der Waals surface area contributed by atoms with Crippen molar-refractivity contribution in [3.63, 3.8) is 0 Å². The molecule has 50 valence electrons. The fourth-order valence-electron chi connectivity index (χ4n) is 0.852. The molecule has 10 heavy (non-hydrogen) atoms. The monoisotopic (exact) mass is 152 g/mol. The van der Waals surface area contributed by atoms with Crippen LogP contribution in [0.25, 0.3) is 5.25 Å². The van der Waals surface area contributed by atoms with Gasteiger partial charge in [-0.2, -0.15) is 0 Å². The lowest BCUT2D eigenvalue weighted by molar-refractivity contribution is 0.939. The number of aromatic amines is 1. The molecule has 0 fully saturated rings. The number of aromatic nitrogens is 2. The predicted molar refractivity (Wildman–Crippen MR) is 40.5 cm³/mol. The molecule has 0 aliphatic heterocycles. The van der Waals surface area contributed by atoms with Crippen LogP contribution in [-0.2, 0) is 0 Å². The molecule has 2 heterocycles. The van der Waals surface area contributed by atoms with Crippen molar-refractivity contribution in [2.45, 2.75) is 0 Å². The number of fused-ring (bicyclic) bond motifs is 1. The Kier molecular flexibility index (Phi) is 1.11. The molecular weight excluding hydrogens is 147 g/mol. The van der Waals surface area contributed by atoms with E-state index in [9.17, 15) is 4.79 Å². The molecule has 0 amide bonds. The van der Waals surface area contributed by atoms with Crippen LogP contribution in [0.1, 0.15) is 0 Å². The van der Waals surface area contributed by atoms with Gasteiger partial charge in [-0.15, -0.1) is 0 Å². The minimum Gasteiger partial charge on any atom is -0.263 e. The van der Waals surface area contributed by atoms with Gasteiger partial charge in [0.25, 0.3) is 5.29 Å². The molecule has 0 atom stereocenters. The molecule has 2 aromatic heterocycles. The Morgan fingerprint density at radius 1 is 1.50 bits per heavy atom. The first-order valence-corrected chi connectivity index (χ1v) is 3.79. The van der Waals surface area contributed by atoms with Gasteiger partial charge in [0.15, 0.2) is 0 Å². The molecular formula is C6H5N2OP. The highest BCUT2D eigenvalue weighted by atomic mass is 31.0. The summed E-state index contributed by atoms with van der Waals surface area (Å²) in [6.45, 7) is 0. The number of nitrogens with zero attached hydrogens (tertiary/aromatic N) is 1. The van der Waals surface area contributed by atoms with Crippen LogP contribution in [-0.4, -0.2) is 9.61 Å². The van der Waals surface area contributed by atoms with Crippen LogP contribution >= 0.6 is 8.19 Å². The molecule has 2 rings (SSSR count). The summed E-state index contributed by atoms with van der Waals surface area (Å²) in [6.07, 6.45) is 1.83. The first kappa shape index (κ1) is 5.69. The lowest BCUT2D eigenvalue weighted by atomic mass is 10.5. The molecule has 4 heteroatoms. The van der Waals surface area contributed by atoms with Crippen molar-refractivity contribution >= 4 is 13.4 Å². The van der Waals surface area contributed by atoms with Crippen molar-refractivity contribution in [3.8, 4) is 0 Å². The number of hydrogen-bond acceptors (Lipinski definition) is 1. The normalized spacial score (nSPS) is 11.2. The highest BCUT2D eigenvalue weighted by Gasteiger charge is 1.91. The van der Waals surface area contributed by atoms with E-state index in [0.717, 1.165) is 13.4 Å². The van der Waals surface area contributed by atoms with Crippen LogP contribution < -0.4 is 5.29 Å². The predicted octanol–water partition coefficient (Wildman–Crippen LogP) is 1.21. The fourth-order valence-corrected chi connectivity index (χ4v) is 1.60. The number of pyridine rings is 1. The van der Waals surface area contributed by atoms with Crippen molar-refractivity contribution in [1.29, 1.82) is 0 Å². The Hall–Kier alpha value is -1.08. The van der Waals surface area contributed by atoms with Gasteiger partial charge >= 0.3 is 0 Å². The van der Waals surface area contributed by atoms with Crippen LogP contribution in [0, 0.1) is 0 Å². The maximum absolute atomic E-state index is 10.8. The summed E-state index contributed by atoms with van der Waals surface area (Å²) in [5.74, 6) is 0. The molecule has 2 aromatic rings. The summed E-state index contributed by atoms with van der Waals surface area (Å²) < 4.78 is 1.73. The molecule has 0 saturated carbocycles. The molecule has 1 N–H and O–H groups in total. The Morgan fingerprint density at radius 3 is 3.20 bits per heavy atom. The van der Waals surface area contributed by atoms with Crippen molar-refractivity contribution in [1.82, 2.24) is 9.61 Å². The van der Waals surface area contributed by atoms with E-state index >= 15 is 0 Å². The van der Waals surface area contributed by atoms with E-state index in [1.165, 1.54) is 0 Å². The van der Waals surface area contributed by atoms with E-state index < -0.39 is 0 Å². The zero-order valence-corrected chi connectivity index (χ0v) is 6.01. The van der Waals surface area contributed by atoms with Gasteiger partial charge in [0.2, 0.25) is 0 Å². The molecule has 3 nitrogen and oxygen atoms in total. The molecule has 0 radical (unpaired) electrons. The Balaban J connectivity index is 3.01. The summed E-state index contributed by atoms with van der Waals surface area (Å²) in [5, 5.41) is 3.69. The zero-order chi connectivity index (χ0) is 6.97. The maximum atomic E-state index is 10.8. The van der Waals surface area contributed by atoms with Gasteiger partial charge in [-0.3, -0.25) is 14.4 Å². The lowest BCUT2D eigenvalue weighted by Crippen LogP contribution is -1.95. The van der Waals surface area contributed by atoms with Crippen molar-refractivity contribution in [3.05, 3.63) is 34.5 Å².